The van der Waals surface area contributed by atoms with Crippen LogP contribution < -0.4 is 0 Å². The van der Waals surface area contributed by atoms with E-state index in [1.165, 1.54) is 0 Å². The van der Waals surface area contributed by atoms with Gasteiger partial charge in [-0.25, -0.2) is 4.98 Å². The Labute approximate surface area is 134 Å². The first kappa shape index (κ1) is 15.8. The van der Waals surface area contributed by atoms with Crippen LogP contribution in [-0.4, -0.2) is 34.1 Å². The highest BCUT2D eigenvalue weighted by molar-refractivity contribution is 9.10. The quantitative estimate of drug-likeness (QED) is 0.753. The van der Waals surface area contributed by atoms with E-state index in [9.17, 15) is 0 Å². The first-order valence-corrected chi connectivity index (χ1v) is 7.92. The van der Waals surface area contributed by atoms with E-state index >= 15 is 0 Å². The largest absolute Gasteiger partial charge is 0.325 e. The maximum absolute atomic E-state index is 6.32. The van der Waals surface area contributed by atoms with Gasteiger partial charge in [0, 0.05) is 16.6 Å². The molecule has 0 saturated carbocycles. The average Bonchev–Trinajstić information content (AvgIpc) is 2.66. The SMILES string of the molecule is CC(Cl)c1nc2cc(Br)ccc2n1CC(C)(C)N(C)C. The van der Waals surface area contributed by atoms with Crippen LogP contribution in [0.4, 0.5) is 0 Å². The molecule has 0 bridgehead atoms. The van der Waals surface area contributed by atoms with Gasteiger partial charge in [-0.2, -0.15) is 0 Å². The molecule has 2 rings (SSSR count). The number of alkyl halides is 1. The number of rotatable bonds is 4. The predicted octanol–water partition coefficient (Wildman–Crippen LogP) is 4.44. The van der Waals surface area contributed by atoms with Gasteiger partial charge in [0.05, 0.1) is 16.4 Å². The van der Waals surface area contributed by atoms with Crippen molar-refractivity contribution in [1.29, 1.82) is 0 Å². The molecule has 0 fully saturated rings. The maximum atomic E-state index is 6.32. The maximum Gasteiger partial charge on any atom is 0.127 e. The molecule has 3 nitrogen and oxygen atoms in total. The number of imidazole rings is 1. The minimum atomic E-state index is -0.112. The topological polar surface area (TPSA) is 21.1 Å². The third-order valence-corrected chi connectivity index (χ3v) is 4.54. The van der Waals surface area contributed by atoms with Crippen molar-refractivity contribution in [2.45, 2.75) is 38.2 Å². The van der Waals surface area contributed by atoms with E-state index in [0.29, 0.717) is 0 Å². The highest BCUT2D eigenvalue weighted by atomic mass is 79.9. The lowest BCUT2D eigenvalue weighted by atomic mass is 10.0. The summed E-state index contributed by atoms with van der Waals surface area (Å²) in [6.45, 7) is 7.27. The number of benzene rings is 1. The van der Waals surface area contributed by atoms with Gasteiger partial charge in [-0.3, -0.25) is 0 Å². The van der Waals surface area contributed by atoms with Gasteiger partial charge in [0.15, 0.2) is 0 Å². The van der Waals surface area contributed by atoms with E-state index in [0.717, 1.165) is 27.9 Å². The molecule has 0 amide bonds. The van der Waals surface area contributed by atoms with Gasteiger partial charge in [0.1, 0.15) is 5.82 Å². The van der Waals surface area contributed by atoms with Crippen molar-refractivity contribution in [3.05, 3.63) is 28.5 Å². The van der Waals surface area contributed by atoms with Crippen molar-refractivity contribution in [3.8, 4) is 0 Å². The lowest BCUT2D eigenvalue weighted by molar-refractivity contribution is 0.170. The van der Waals surface area contributed by atoms with E-state index in [1.54, 1.807) is 0 Å². The normalized spacial score (nSPS) is 14.2. The third kappa shape index (κ3) is 3.02. The van der Waals surface area contributed by atoms with E-state index in [4.69, 9.17) is 16.6 Å². The number of nitrogens with zero attached hydrogens (tertiary/aromatic N) is 3. The molecule has 0 N–H and O–H groups in total. The zero-order valence-electron chi connectivity index (χ0n) is 12.6. The Kier molecular flexibility index (Phi) is 4.47. The Hall–Kier alpha value is -0.580. The van der Waals surface area contributed by atoms with Crippen molar-refractivity contribution < 1.29 is 0 Å². The summed E-state index contributed by atoms with van der Waals surface area (Å²) in [6, 6.07) is 6.18. The molecule has 20 heavy (non-hydrogen) atoms. The Morgan fingerprint density at radius 3 is 2.60 bits per heavy atom. The minimum absolute atomic E-state index is 0.0290. The number of aromatic nitrogens is 2. The van der Waals surface area contributed by atoms with Gasteiger partial charge in [0.25, 0.3) is 0 Å². The standard InChI is InChI=1S/C15H21BrClN3/c1-10(17)14-18-12-8-11(16)6-7-13(12)20(14)9-15(2,3)19(4)5/h6-8,10H,9H2,1-5H3. The van der Waals surface area contributed by atoms with Crippen LogP contribution in [0, 0.1) is 0 Å². The van der Waals surface area contributed by atoms with Gasteiger partial charge in [0.2, 0.25) is 0 Å². The van der Waals surface area contributed by atoms with Crippen molar-refractivity contribution in [2.24, 2.45) is 0 Å². The van der Waals surface area contributed by atoms with Crippen molar-refractivity contribution in [1.82, 2.24) is 14.5 Å². The van der Waals surface area contributed by atoms with Crippen LogP contribution in [0.25, 0.3) is 11.0 Å². The Bertz CT molecular complexity index is 617. The van der Waals surface area contributed by atoms with Crippen LogP contribution in [0.1, 0.15) is 32.0 Å². The molecule has 0 radical (unpaired) electrons. The van der Waals surface area contributed by atoms with Gasteiger partial charge >= 0.3 is 0 Å². The van der Waals surface area contributed by atoms with E-state index in [-0.39, 0.29) is 10.9 Å². The number of likely N-dealkylation sites (N-methyl/N-ethyl adjacent to an activating group) is 1. The van der Waals surface area contributed by atoms with Crippen LogP contribution in [0.2, 0.25) is 0 Å². The van der Waals surface area contributed by atoms with Crippen LogP contribution in [0.3, 0.4) is 0 Å². The van der Waals surface area contributed by atoms with Crippen LogP contribution in [-0.2, 0) is 6.54 Å². The molecule has 1 heterocycles. The van der Waals surface area contributed by atoms with Crippen molar-refractivity contribution >= 4 is 38.6 Å². The van der Waals surface area contributed by atoms with E-state index < -0.39 is 0 Å². The van der Waals surface area contributed by atoms with Crippen LogP contribution in [0.15, 0.2) is 22.7 Å². The fraction of sp³-hybridized carbons (Fsp3) is 0.533. The van der Waals surface area contributed by atoms with Gasteiger partial charge in [-0.1, -0.05) is 15.9 Å². The lowest BCUT2D eigenvalue weighted by Gasteiger charge is -2.33. The second-order valence-corrected chi connectivity index (χ2v) is 7.58. The molecule has 1 aromatic heterocycles. The summed E-state index contributed by atoms with van der Waals surface area (Å²) in [5.41, 5.74) is 2.14. The first-order valence-electron chi connectivity index (χ1n) is 6.69. The van der Waals surface area contributed by atoms with Crippen molar-refractivity contribution in [2.75, 3.05) is 14.1 Å². The summed E-state index contributed by atoms with van der Waals surface area (Å²) < 4.78 is 3.27. The molecule has 2 aromatic rings. The van der Waals surface area contributed by atoms with Crippen molar-refractivity contribution in [3.63, 3.8) is 0 Å². The lowest BCUT2D eigenvalue weighted by Crippen LogP contribution is -2.42. The number of halogens is 2. The Morgan fingerprint density at radius 1 is 1.40 bits per heavy atom. The summed E-state index contributed by atoms with van der Waals surface area (Å²) in [5.74, 6) is 0.926. The predicted molar refractivity (Wildman–Crippen MR) is 89.5 cm³/mol. The molecule has 0 aliphatic carbocycles. The molecule has 1 aromatic carbocycles. The number of hydrogen-bond acceptors (Lipinski definition) is 2. The fourth-order valence-electron chi connectivity index (χ4n) is 2.12. The van der Waals surface area contributed by atoms with E-state index in [1.807, 2.05) is 19.1 Å². The molecule has 5 heteroatoms. The summed E-state index contributed by atoms with van der Waals surface area (Å²) >= 11 is 9.82. The molecule has 0 saturated heterocycles. The highest BCUT2D eigenvalue weighted by Crippen LogP contribution is 2.28. The fourth-order valence-corrected chi connectivity index (χ4v) is 2.64. The third-order valence-electron chi connectivity index (χ3n) is 3.85. The van der Waals surface area contributed by atoms with Gasteiger partial charge < -0.3 is 9.47 Å². The second kappa shape index (κ2) is 5.66. The smallest absolute Gasteiger partial charge is 0.127 e. The zero-order valence-corrected chi connectivity index (χ0v) is 15.0. The molecular weight excluding hydrogens is 338 g/mol. The Morgan fingerprint density at radius 2 is 2.05 bits per heavy atom. The average molecular weight is 359 g/mol. The first-order chi connectivity index (χ1) is 9.22. The molecule has 0 aliphatic heterocycles. The zero-order chi connectivity index (χ0) is 15.1. The minimum Gasteiger partial charge on any atom is -0.325 e. The summed E-state index contributed by atoms with van der Waals surface area (Å²) in [6.07, 6.45) is 0. The van der Waals surface area contributed by atoms with Gasteiger partial charge in [-0.05, 0) is 53.1 Å². The molecule has 1 atom stereocenters. The summed E-state index contributed by atoms with van der Waals surface area (Å²) in [4.78, 5) is 6.92. The molecule has 110 valence electrons. The van der Waals surface area contributed by atoms with Crippen LogP contribution in [0.5, 0.6) is 0 Å². The van der Waals surface area contributed by atoms with Crippen LogP contribution >= 0.6 is 27.5 Å². The highest BCUT2D eigenvalue weighted by Gasteiger charge is 2.25. The molecule has 0 aliphatic rings. The second-order valence-electron chi connectivity index (χ2n) is 6.01. The number of hydrogen-bond donors (Lipinski definition) is 0. The summed E-state index contributed by atoms with van der Waals surface area (Å²) in [7, 11) is 4.19. The Balaban J connectivity index is 2.57. The van der Waals surface area contributed by atoms with E-state index in [2.05, 4.69) is 59.4 Å². The summed E-state index contributed by atoms with van der Waals surface area (Å²) in [5, 5.41) is -0.112. The molecular formula is C15H21BrClN3. The molecule has 0 spiro atoms. The molecule has 1 unspecified atom stereocenters. The number of fused-ring (bicyclic) bond motifs is 1. The van der Waals surface area contributed by atoms with Gasteiger partial charge in [-0.15, -0.1) is 11.6 Å². The monoisotopic (exact) mass is 357 g/mol.